The summed E-state index contributed by atoms with van der Waals surface area (Å²) in [5.41, 5.74) is 6.58. The van der Waals surface area contributed by atoms with Crippen molar-refractivity contribution >= 4 is 17.5 Å². The molecular formula is C23H26N4O2. The Morgan fingerprint density at radius 2 is 1.66 bits per heavy atom. The number of hydrazine groups is 1. The molecule has 150 valence electrons. The fourth-order valence-corrected chi connectivity index (χ4v) is 3.77. The molecule has 2 aromatic carbocycles. The van der Waals surface area contributed by atoms with Crippen LogP contribution in [0.1, 0.15) is 17.5 Å². The lowest BCUT2D eigenvalue weighted by Crippen LogP contribution is -2.53. The van der Waals surface area contributed by atoms with Crippen molar-refractivity contribution in [2.75, 3.05) is 31.2 Å². The van der Waals surface area contributed by atoms with E-state index in [1.54, 1.807) is 6.08 Å². The lowest BCUT2D eigenvalue weighted by Gasteiger charge is -2.37. The third-order valence-corrected chi connectivity index (χ3v) is 5.46. The van der Waals surface area contributed by atoms with Crippen molar-refractivity contribution in [2.24, 2.45) is 0 Å². The molecule has 6 heteroatoms. The normalized spacial score (nSPS) is 17.7. The van der Waals surface area contributed by atoms with Gasteiger partial charge in [0.25, 0.3) is 5.91 Å². The number of carbonyl (C=O) groups is 2. The van der Waals surface area contributed by atoms with Crippen LogP contribution in [0.3, 0.4) is 0 Å². The topological polar surface area (TPSA) is 55.9 Å². The van der Waals surface area contributed by atoms with Gasteiger partial charge in [-0.2, -0.15) is 0 Å². The van der Waals surface area contributed by atoms with Gasteiger partial charge in [0.05, 0.1) is 5.69 Å². The Morgan fingerprint density at radius 1 is 0.966 bits per heavy atom. The molecule has 2 aromatic rings. The van der Waals surface area contributed by atoms with Gasteiger partial charge in [0.15, 0.2) is 0 Å². The predicted octanol–water partition coefficient (Wildman–Crippen LogP) is 2.46. The predicted molar refractivity (Wildman–Crippen MR) is 113 cm³/mol. The number of anilines is 1. The molecule has 0 atom stereocenters. The highest BCUT2D eigenvalue weighted by Crippen LogP contribution is 2.22. The van der Waals surface area contributed by atoms with E-state index in [9.17, 15) is 9.59 Å². The summed E-state index contributed by atoms with van der Waals surface area (Å²) in [7, 11) is 0. The Kier molecular flexibility index (Phi) is 5.62. The molecule has 4 rings (SSSR count). The monoisotopic (exact) mass is 390 g/mol. The van der Waals surface area contributed by atoms with Gasteiger partial charge >= 0.3 is 0 Å². The molecule has 2 heterocycles. The van der Waals surface area contributed by atoms with Crippen LogP contribution in [0.25, 0.3) is 0 Å². The van der Waals surface area contributed by atoms with Crippen molar-refractivity contribution in [2.45, 2.75) is 19.9 Å². The molecule has 0 bridgehead atoms. The first-order valence-electron chi connectivity index (χ1n) is 10.0. The molecule has 1 N–H and O–H groups in total. The quantitative estimate of drug-likeness (QED) is 0.871. The Labute approximate surface area is 171 Å². The molecule has 2 aliphatic heterocycles. The number of aryl methyl sites for hydroxylation is 1. The van der Waals surface area contributed by atoms with Crippen LogP contribution in [0.2, 0.25) is 0 Å². The molecule has 0 spiro atoms. The number of rotatable bonds is 4. The van der Waals surface area contributed by atoms with E-state index in [0.29, 0.717) is 18.8 Å². The van der Waals surface area contributed by atoms with E-state index in [4.69, 9.17) is 0 Å². The van der Waals surface area contributed by atoms with E-state index in [1.165, 1.54) is 10.6 Å². The standard InChI is InChI=1S/C23H26N4O2/c1-18-7-5-6-10-21(18)27-22(28)12-11-20(24-27)23(29)26-15-13-25(14-16-26)17-19-8-3-2-4-9-19/h2-11,24H,12-17H2,1H3. The zero-order chi connectivity index (χ0) is 20.2. The number of carbonyl (C=O) groups excluding carboxylic acids is 2. The van der Waals surface area contributed by atoms with Gasteiger partial charge in [-0.15, -0.1) is 0 Å². The summed E-state index contributed by atoms with van der Waals surface area (Å²) in [5.74, 6) is -0.112. The van der Waals surface area contributed by atoms with Gasteiger partial charge in [-0.25, -0.2) is 5.01 Å². The van der Waals surface area contributed by atoms with Crippen molar-refractivity contribution < 1.29 is 9.59 Å². The SMILES string of the molecule is Cc1ccccc1N1NC(C(=O)N2CCN(Cc3ccccc3)CC2)=CCC1=O. The molecule has 0 radical (unpaired) electrons. The van der Waals surface area contributed by atoms with Crippen molar-refractivity contribution in [3.05, 3.63) is 77.5 Å². The fourth-order valence-electron chi connectivity index (χ4n) is 3.77. The number of hydrogen-bond acceptors (Lipinski definition) is 4. The van der Waals surface area contributed by atoms with Gasteiger partial charge in [0, 0.05) is 39.1 Å². The lowest BCUT2D eigenvalue weighted by atomic mass is 10.1. The molecule has 0 aromatic heterocycles. The van der Waals surface area contributed by atoms with Gasteiger partial charge in [0.1, 0.15) is 5.70 Å². The number of piperazine rings is 1. The summed E-state index contributed by atoms with van der Waals surface area (Å²) in [6.45, 7) is 5.91. The average molecular weight is 390 g/mol. The van der Waals surface area contributed by atoms with Crippen molar-refractivity contribution in [1.29, 1.82) is 0 Å². The molecule has 0 saturated carbocycles. The zero-order valence-electron chi connectivity index (χ0n) is 16.7. The van der Waals surface area contributed by atoms with Crippen LogP contribution < -0.4 is 10.4 Å². The Balaban J connectivity index is 1.37. The van der Waals surface area contributed by atoms with E-state index in [0.717, 1.165) is 30.9 Å². The zero-order valence-corrected chi connectivity index (χ0v) is 16.7. The molecule has 29 heavy (non-hydrogen) atoms. The maximum Gasteiger partial charge on any atom is 0.271 e. The summed E-state index contributed by atoms with van der Waals surface area (Å²) < 4.78 is 0. The minimum atomic E-state index is -0.0662. The van der Waals surface area contributed by atoms with Gasteiger partial charge in [0.2, 0.25) is 5.91 Å². The fraction of sp³-hybridized carbons (Fsp3) is 0.304. The number of amides is 2. The number of hydrogen-bond donors (Lipinski definition) is 1. The number of benzene rings is 2. The second kappa shape index (κ2) is 8.49. The minimum Gasteiger partial charge on any atom is -0.335 e. The Bertz CT molecular complexity index is 917. The van der Waals surface area contributed by atoms with Crippen LogP contribution >= 0.6 is 0 Å². The van der Waals surface area contributed by atoms with Gasteiger partial charge < -0.3 is 4.90 Å². The molecule has 2 amide bonds. The smallest absolute Gasteiger partial charge is 0.271 e. The first kappa shape index (κ1) is 19.2. The van der Waals surface area contributed by atoms with Crippen LogP contribution in [-0.4, -0.2) is 47.8 Å². The van der Waals surface area contributed by atoms with Crippen molar-refractivity contribution in [3.63, 3.8) is 0 Å². The van der Waals surface area contributed by atoms with E-state index < -0.39 is 0 Å². The van der Waals surface area contributed by atoms with Crippen LogP contribution in [0, 0.1) is 6.92 Å². The third-order valence-electron chi connectivity index (χ3n) is 5.46. The maximum absolute atomic E-state index is 13.0. The third kappa shape index (κ3) is 4.32. The summed E-state index contributed by atoms with van der Waals surface area (Å²) in [6.07, 6.45) is 1.92. The lowest BCUT2D eigenvalue weighted by molar-refractivity contribution is -0.129. The van der Waals surface area contributed by atoms with Crippen LogP contribution in [0.4, 0.5) is 5.69 Å². The Morgan fingerprint density at radius 3 is 2.38 bits per heavy atom. The summed E-state index contributed by atoms with van der Waals surface area (Å²) in [5, 5.41) is 1.49. The van der Waals surface area contributed by atoms with Crippen LogP contribution in [-0.2, 0) is 16.1 Å². The van der Waals surface area contributed by atoms with Crippen LogP contribution in [0.5, 0.6) is 0 Å². The summed E-state index contributed by atoms with van der Waals surface area (Å²) in [6, 6.07) is 18.1. The van der Waals surface area contributed by atoms with E-state index in [-0.39, 0.29) is 18.2 Å². The minimum absolute atomic E-state index is 0.0459. The van der Waals surface area contributed by atoms with Crippen molar-refractivity contribution in [1.82, 2.24) is 15.2 Å². The first-order valence-corrected chi connectivity index (χ1v) is 10.0. The van der Waals surface area contributed by atoms with Gasteiger partial charge in [-0.1, -0.05) is 48.5 Å². The average Bonchev–Trinajstić information content (AvgIpc) is 2.75. The highest BCUT2D eigenvalue weighted by molar-refractivity contribution is 6.01. The number of nitrogens with one attached hydrogen (secondary N) is 1. The maximum atomic E-state index is 13.0. The van der Waals surface area contributed by atoms with Gasteiger partial charge in [-0.05, 0) is 30.2 Å². The summed E-state index contributed by atoms with van der Waals surface area (Å²) in [4.78, 5) is 29.7. The summed E-state index contributed by atoms with van der Waals surface area (Å²) >= 11 is 0. The molecule has 0 aliphatic carbocycles. The molecule has 1 saturated heterocycles. The number of nitrogens with zero attached hydrogens (tertiary/aromatic N) is 3. The van der Waals surface area contributed by atoms with E-state index in [1.807, 2.05) is 42.2 Å². The largest absolute Gasteiger partial charge is 0.335 e. The first-order chi connectivity index (χ1) is 14.1. The highest BCUT2D eigenvalue weighted by Gasteiger charge is 2.29. The Hall–Kier alpha value is -3.12. The molecule has 6 nitrogen and oxygen atoms in total. The second-order valence-corrected chi connectivity index (χ2v) is 7.50. The second-order valence-electron chi connectivity index (χ2n) is 7.50. The highest BCUT2D eigenvalue weighted by atomic mass is 16.2. The molecule has 1 fully saturated rings. The molecule has 0 unspecified atom stereocenters. The van der Waals surface area contributed by atoms with Crippen molar-refractivity contribution in [3.8, 4) is 0 Å². The number of para-hydroxylation sites is 1. The van der Waals surface area contributed by atoms with E-state index >= 15 is 0 Å². The van der Waals surface area contributed by atoms with Crippen LogP contribution in [0.15, 0.2) is 66.4 Å². The van der Waals surface area contributed by atoms with Gasteiger partial charge in [-0.3, -0.25) is 19.9 Å². The molecule has 2 aliphatic rings. The molecular weight excluding hydrogens is 364 g/mol. The van der Waals surface area contributed by atoms with E-state index in [2.05, 4.69) is 34.6 Å².